The molecule has 1 atom stereocenters. The molecular weight excluding hydrogens is 276 g/mol. The van der Waals surface area contributed by atoms with Gasteiger partial charge in [0.05, 0.1) is 10.7 Å². The van der Waals surface area contributed by atoms with Gasteiger partial charge in [-0.1, -0.05) is 12.1 Å². The average molecular weight is 292 g/mol. The Morgan fingerprint density at radius 2 is 2.20 bits per heavy atom. The van der Waals surface area contributed by atoms with Gasteiger partial charge in [0.25, 0.3) is 0 Å². The second-order valence-corrected chi connectivity index (χ2v) is 6.29. The molecule has 106 valence electrons. The Labute approximate surface area is 117 Å². The van der Waals surface area contributed by atoms with Gasteiger partial charge in [-0.3, -0.25) is 10.4 Å². The molecule has 0 aliphatic carbocycles. The number of nitrogens with zero attached hydrogens (tertiary/aromatic N) is 1. The molecule has 20 heavy (non-hydrogen) atoms. The number of aromatic nitrogens is 1. The first-order chi connectivity index (χ1) is 9.40. The van der Waals surface area contributed by atoms with Crippen LogP contribution in [0.25, 0.3) is 10.8 Å². The van der Waals surface area contributed by atoms with Crippen molar-refractivity contribution in [3.8, 4) is 0 Å². The molecule has 1 aromatic heterocycles. The van der Waals surface area contributed by atoms with Gasteiger partial charge in [-0.25, -0.2) is 13.1 Å². The van der Waals surface area contributed by atoms with Crippen LogP contribution >= 0.6 is 0 Å². The fourth-order valence-corrected chi connectivity index (χ4v) is 3.50. The molecule has 0 aliphatic heterocycles. The zero-order chi connectivity index (χ0) is 14.8. The molecule has 0 saturated carbocycles. The molecular formula is C13H16N4O2S. The number of pyridine rings is 1. The third-order valence-corrected chi connectivity index (χ3v) is 4.46. The lowest BCUT2D eigenvalue weighted by molar-refractivity contribution is 0.565. The van der Waals surface area contributed by atoms with Gasteiger partial charge in [0, 0.05) is 35.6 Å². The van der Waals surface area contributed by atoms with E-state index in [4.69, 9.17) is 11.1 Å². The number of nitrogens with one attached hydrogen (secondary N) is 2. The van der Waals surface area contributed by atoms with E-state index in [9.17, 15) is 8.42 Å². The first-order valence-electron chi connectivity index (χ1n) is 6.08. The third kappa shape index (κ3) is 3.12. The average Bonchev–Trinajstić information content (AvgIpc) is 2.36. The van der Waals surface area contributed by atoms with Crippen molar-refractivity contribution in [1.82, 2.24) is 9.71 Å². The summed E-state index contributed by atoms with van der Waals surface area (Å²) in [5.41, 5.74) is 5.28. The highest BCUT2D eigenvalue weighted by molar-refractivity contribution is 7.89. The zero-order valence-electron chi connectivity index (χ0n) is 11.0. The van der Waals surface area contributed by atoms with E-state index in [1.54, 1.807) is 43.6 Å². The van der Waals surface area contributed by atoms with Gasteiger partial charge in [0.2, 0.25) is 10.0 Å². The Morgan fingerprint density at radius 1 is 1.45 bits per heavy atom. The molecule has 7 heteroatoms. The van der Waals surface area contributed by atoms with E-state index in [-0.39, 0.29) is 17.2 Å². The van der Waals surface area contributed by atoms with Gasteiger partial charge >= 0.3 is 0 Å². The van der Waals surface area contributed by atoms with Crippen LogP contribution in [-0.4, -0.2) is 25.3 Å². The molecule has 0 aliphatic rings. The lowest BCUT2D eigenvalue weighted by atomic mass is 10.2. The van der Waals surface area contributed by atoms with Crippen molar-refractivity contribution < 1.29 is 8.42 Å². The van der Waals surface area contributed by atoms with Gasteiger partial charge < -0.3 is 5.73 Å². The van der Waals surface area contributed by atoms with Crippen LogP contribution < -0.4 is 10.5 Å². The predicted octanol–water partition coefficient (Wildman–Crippen LogP) is 1.23. The summed E-state index contributed by atoms with van der Waals surface area (Å²) in [5.74, 6) is -0.0534. The minimum atomic E-state index is -3.66. The SMILES string of the molecule is CC(CC(=N)N)NS(=O)(=O)c1cccc2cnccc12. The van der Waals surface area contributed by atoms with Crippen molar-refractivity contribution in [2.45, 2.75) is 24.3 Å². The minimum Gasteiger partial charge on any atom is -0.388 e. The Bertz CT molecular complexity index is 738. The van der Waals surface area contributed by atoms with E-state index in [1.165, 1.54) is 0 Å². The summed E-state index contributed by atoms with van der Waals surface area (Å²) in [7, 11) is -3.66. The van der Waals surface area contributed by atoms with E-state index in [2.05, 4.69) is 9.71 Å². The summed E-state index contributed by atoms with van der Waals surface area (Å²) in [5, 5.41) is 8.58. The van der Waals surface area contributed by atoms with Crippen molar-refractivity contribution in [3.05, 3.63) is 36.7 Å². The third-order valence-electron chi connectivity index (χ3n) is 2.81. The summed E-state index contributed by atoms with van der Waals surface area (Å²) in [6.07, 6.45) is 3.35. The maximum atomic E-state index is 12.4. The number of nitrogens with two attached hydrogens (primary N) is 1. The van der Waals surface area contributed by atoms with Crippen LogP contribution in [0.5, 0.6) is 0 Å². The first kappa shape index (κ1) is 14.4. The molecule has 1 heterocycles. The lowest BCUT2D eigenvalue weighted by Crippen LogP contribution is -2.35. The lowest BCUT2D eigenvalue weighted by Gasteiger charge is -2.14. The van der Waals surface area contributed by atoms with E-state index < -0.39 is 16.1 Å². The predicted molar refractivity (Wildman–Crippen MR) is 78.1 cm³/mol. The van der Waals surface area contributed by atoms with Crippen molar-refractivity contribution in [2.24, 2.45) is 5.73 Å². The van der Waals surface area contributed by atoms with E-state index >= 15 is 0 Å². The first-order valence-corrected chi connectivity index (χ1v) is 7.56. The van der Waals surface area contributed by atoms with Crippen LogP contribution in [0.3, 0.4) is 0 Å². The normalized spacial score (nSPS) is 13.2. The molecule has 1 unspecified atom stereocenters. The van der Waals surface area contributed by atoms with Crippen molar-refractivity contribution >= 4 is 26.6 Å². The number of sulfonamides is 1. The van der Waals surface area contributed by atoms with Crippen molar-refractivity contribution in [1.29, 1.82) is 5.41 Å². The van der Waals surface area contributed by atoms with Crippen molar-refractivity contribution in [2.75, 3.05) is 0 Å². The van der Waals surface area contributed by atoms with E-state index in [0.29, 0.717) is 5.39 Å². The van der Waals surface area contributed by atoms with E-state index in [1.807, 2.05) is 0 Å². The molecule has 0 saturated heterocycles. The van der Waals surface area contributed by atoms with Crippen LogP contribution in [0.15, 0.2) is 41.6 Å². The Balaban J connectivity index is 2.39. The monoisotopic (exact) mass is 292 g/mol. The highest BCUT2D eigenvalue weighted by atomic mass is 32.2. The summed E-state index contributed by atoms with van der Waals surface area (Å²) >= 11 is 0. The highest BCUT2D eigenvalue weighted by Crippen LogP contribution is 2.22. The summed E-state index contributed by atoms with van der Waals surface area (Å²) < 4.78 is 27.3. The van der Waals surface area contributed by atoms with Gasteiger partial charge in [-0.15, -0.1) is 0 Å². The minimum absolute atomic E-state index is 0.0534. The zero-order valence-corrected chi connectivity index (χ0v) is 11.8. The second-order valence-electron chi connectivity index (χ2n) is 4.60. The van der Waals surface area contributed by atoms with Gasteiger partial charge in [0.1, 0.15) is 0 Å². The molecule has 0 spiro atoms. The molecule has 4 N–H and O–H groups in total. The summed E-state index contributed by atoms with van der Waals surface area (Å²) in [6, 6.07) is 6.26. The molecule has 0 amide bonds. The standard InChI is InChI=1S/C13H16N4O2S/c1-9(7-13(14)15)17-20(18,19)12-4-2-3-10-8-16-6-5-11(10)12/h2-6,8-9,17H,7H2,1H3,(H3,14,15). The maximum absolute atomic E-state index is 12.4. The number of hydrogen-bond acceptors (Lipinski definition) is 4. The van der Waals surface area contributed by atoms with Crippen molar-refractivity contribution in [3.63, 3.8) is 0 Å². The number of benzene rings is 1. The topological polar surface area (TPSA) is 109 Å². The van der Waals surface area contributed by atoms with Crippen LogP contribution in [0, 0.1) is 5.41 Å². The van der Waals surface area contributed by atoms with Crippen LogP contribution in [0.2, 0.25) is 0 Å². The smallest absolute Gasteiger partial charge is 0.241 e. The summed E-state index contributed by atoms with van der Waals surface area (Å²) in [4.78, 5) is 4.18. The molecule has 0 radical (unpaired) electrons. The van der Waals surface area contributed by atoms with Crippen LogP contribution in [0.4, 0.5) is 0 Å². The molecule has 1 aromatic carbocycles. The van der Waals surface area contributed by atoms with Crippen LogP contribution in [0.1, 0.15) is 13.3 Å². The molecule has 6 nitrogen and oxygen atoms in total. The quantitative estimate of drug-likeness (QED) is 0.568. The Kier molecular flexibility index (Phi) is 4.01. The second kappa shape index (κ2) is 5.56. The maximum Gasteiger partial charge on any atom is 0.241 e. The largest absolute Gasteiger partial charge is 0.388 e. The van der Waals surface area contributed by atoms with Crippen LogP contribution in [-0.2, 0) is 10.0 Å². The number of fused-ring (bicyclic) bond motifs is 1. The molecule has 0 bridgehead atoms. The molecule has 0 fully saturated rings. The summed E-state index contributed by atoms with van der Waals surface area (Å²) in [6.45, 7) is 1.67. The molecule has 2 aromatic rings. The molecule has 2 rings (SSSR count). The Morgan fingerprint density at radius 3 is 2.90 bits per heavy atom. The Hall–Kier alpha value is -1.99. The fourth-order valence-electron chi connectivity index (χ4n) is 2.03. The highest BCUT2D eigenvalue weighted by Gasteiger charge is 2.20. The van der Waals surface area contributed by atoms with Gasteiger partial charge in [-0.2, -0.15) is 0 Å². The van der Waals surface area contributed by atoms with Gasteiger partial charge in [-0.05, 0) is 19.1 Å². The fraction of sp³-hybridized carbons (Fsp3) is 0.231. The van der Waals surface area contributed by atoms with E-state index in [0.717, 1.165) is 5.39 Å². The number of amidine groups is 1. The van der Waals surface area contributed by atoms with Gasteiger partial charge in [0.15, 0.2) is 0 Å². The number of hydrogen-bond donors (Lipinski definition) is 3. The number of rotatable bonds is 5.